The van der Waals surface area contributed by atoms with Crippen LogP contribution in [0.25, 0.3) is 0 Å². The molecule has 2 amide bonds. The predicted molar refractivity (Wildman–Crippen MR) is 182 cm³/mol. The number of halogens is 1. The first-order chi connectivity index (χ1) is 24.2. The fourth-order valence-electron chi connectivity index (χ4n) is 7.68. The molecule has 1 spiro atoms. The molecule has 3 aliphatic heterocycles. The van der Waals surface area contributed by atoms with Crippen LogP contribution in [0.1, 0.15) is 30.2 Å². The fourth-order valence-corrected chi connectivity index (χ4v) is 10.2. The number of ether oxygens (including phenoxy) is 3. The summed E-state index contributed by atoms with van der Waals surface area (Å²) in [5.74, 6) is -1.16. The van der Waals surface area contributed by atoms with E-state index in [1.165, 1.54) is 7.11 Å². The molecule has 2 saturated heterocycles. The number of aliphatic hydroxyl groups is 5. The Hall–Kier alpha value is -3.81. The quantitative estimate of drug-likeness (QED) is 0.121. The van der Waals surface area contributed by atoms with E-state index in [0.29, 0.717) is 53.3 Å². The van der Waals surface area contributed by atoms with Gasteiger partial charge >= 0.3 is 0 Å². The highest BCUT2D eigenvalue weighted by Crippen LogP contribution is 2.60. The lowest BCUT2D eigenvalue weighted by Gasteiger charge is -2.37. The fraction of sp³-hybridized carbons (Fsp3) is 0.529. The van der Waals surface area contributed by atoms with Crippen molar-refractivity contribution in [2.24, 2.45) is 5.92 Å². The molecule has 0 bridgehead atoms. The molecule has 0 saturated carbocycles. The smallest absolute Gasteiger partial charge is 0.264 e. The molecule has 276 valence electrons. The second-order valence-electron chi connectivity index (χ2n) is 13.9. The van der Waals surface area contributed by atoms with E-state index < -0.39 is 68.2 Å². The molecule has 2 aromatic carbocycles. The van der Waals surface area contributed by atoms with E-state index in [0.717, 1.165) is 0 Å². The summed E-state index contributed by atoms with van der Waals surface area (Å²) < 4.78 is 35.2. The Kier molecular flexibility index (Phi) is 10.4. The summed E-state index contributed by atoms with van der Waals surface area (Å²) in [4.78, 5) is 29.1. The molecule has 17 heteroatoms. The molecule has 3 aliphatic rings. The average Bonchev–Trinajstić information content (AvgIpc) is 3.74. The van der Waals surface area contributed by atoms with E-state index in [1.54, 1.807) is 71.3 Å². The van der Waals surface area contributed by atoms with Crippen molar-refractivity contribution >= 4 is 31.6 Å². The topological polar surface area (TPSA) is 209 Å². The van der Waals surface area contributed by atoms with Crippen LogP contribution in [0.2, 0.25) is 18.6 Å². The number of benzene rings is 2. The van der Waals surface area contributed by atoms with Crippen molar-refractivity contribution < 1.29 is 53.4 Å². The second-order valence-corrected chi connectivity index (χ2v) is 17.7. The SMILES string of the molecule is COc1ccc2c(c1)[C@@]1(O[C@H](CCn3cc(CCO)nn3)[C@@H]([Si](C)(C)F)[C@@H]1C)C(=O)N2Cc1ccc(NC(=O)[C@H]2O[C@@H](O)[C@H](O)[C@@H](O)[C@@H]2O)cc1. The van der Waals surface area contributed by atoms with Crippen LogP contribution >= 0.6 is 0 Å². The predicted octanol–water partition coefficient (Wildman–Crippen LogP) is 0.972. The standard InChI is InChI=1S/C34H44FN5O10Si/c1-18-30(51(3,4)35)25(11-13-39-17-21(12-14-41)37-38-39)50-34(18)23-15-22(48-2)9-10-24(23)40(33(34)47)16-19-5-7-20(8-6-19)36-31(45)29-27(43)26(42)28(44)32(46)49-29/h5-10,15,17-18,25-30,32,41-44,46H,11-14,16H2,1-4H3,(H,36,45)/t18-,25+,26-,27-,28+,29-,30-,32+,34+/m0/s1. The Bertz CT molecular complexity index is 1740. The average molecular weight is 730 g/mol. The third kappa shape index (κ3) is 6.80. The lowest BCUT2D eigenvalue weighted by atomic mass is 9.82. The summed E-state index contributed by atoms with van der Waals surface area (Å²) >= 11 is 0. The number of fused-ring (bicyclic) bond motifs is 2. The van der Waals surface area contributed by atoms with Crippen molar-refractivity contribution in [3.63, 3.8) is 0 Å². The number of hydrogen-bond acceptors (Lipinski definition) is 12. The summed E-state index contributed by atoms with van der Waals surface area (Å²) in [6.07, 6.45) is -6.92. The Morgan fingerprint density at radius 1 is 1.10 bits per heavy atom. The highest BCUT2D eigenvalue weighted by Gasteiger charge is 2.66. The van der Waals surface area contributed by atoms with Gasteiger partial charge in [-0.05, 0) is 55.4 Å². The van der Waals surface area contributed by atoms with Crippen molar-refractivity contribution in [2.75, 3.05) is 23.9 Å². The Morgan fingerprint density at radius 2 is 1.82 bits per heavy atom. The first kappa shape index (κ1) is 37.0. The van der Waals surface area contributed by atoms with Crippen molar-refractivity contribution in [2.45, 2.75) is 93.9 Å². The van der Waals surface area contributed by atoms with Gasteiger partial charge in [0.05, 0.1) is 31.1 Å². The minimum Gasteiger partial charge on any atom is -0.497 e. The highest BCUT2D eigenvalue weighted by molar-refractivity contribution is 6.72. The zero-order valence-corrected chi connectivity index (χ0v) is 29.7. The lowest BCUT2D eigenvalue weighted by molar-refractivity contribution is -0.274. The third-order valence-electron chi connectivity index (χ3n) is 10.2. The largest absolute Gasteiger partial charge is 0.497 e. The van der Waals surface area contributed by atoms with Gasteiger partial charge in [-0.1, -0.05) is 24.3 Å². The van der Waals surface area contributed by atoms with E-state index >= 15 is 4.11 Å². The molecule has 0 radical (unpaired) electrons. The van der Waals surface area contributed by atoms with Gasteiger partial charge in [-0.3, -0.25) is 14.3 Å². The molecule has 9 atom stereocenters. The number of nitrogens with zero attached hydrogens (tertiary/aromatic N) is 4. The van der Waals surface area contributed by atoms with Crippen LogP contribution < -0.4 is 15.0 Å². The first-order valence-corrected chi connectivity index (χ1v) is 19.8. The number of carbonyl (C=O) groups excluding carboxylic acids is 2. The van der Waals surface area contributed by atoms with Crippen LogP contribution in [0.4, 0.5) is 15.5 Å². The van der Waals surface area contributed by atoms with Crippen molar-refractivity contribution in [1.29, 1.82) is 0 Å². The third-order valence-corrected chi connectivity index (χ3v) is 12.6. The number of aryl methyl sites for hydroxylation is 1. The Morgan fingerprint density at radius 3 is 2.49 bits per heavy atom. The first-order valence-electron chi connectivity index (χ1n) is 16.8. The number of aliphatic hydroxyl groups excluding tert-OH is 5. The molecule has 4 heterocycles. The van der Waals surface area contributed by atoms with Gasteiger partial charge in [-0.2, -0.15) is 0 Å². The van der Waals surface area contributed by atoms with Crippen LogP contribution in [0.15, 0.2) is 48.7 Å². The van der Waals surface area contributed by atoms with E-state index in [4.69, 9.17) is 14.2 Å². The second kappa shape index (κ2) is 14.3. The summed E-state index contributed by atoms with van der Waals surface area (Å²) in [6.45, 7) is 5.61. The Balaban J connectivity index is 1.24. The molecule has 6 N–H and O–H groups in total. The monoisotopic (exact) mass is 729 g/mol. The van der Waals surface area contributed by atoms with Crippen LogP contribution in [0.3, 0.4) is 0 Å². The van der Waals surface area contributed by atoms with Gasteiger partial charge in [-0.15, -0.1) is 5.10 Å². The minimum atomic E-state index is -3.41. The van der Waals surface area contributed by atoms with Crippen molar-refractivity contribution in [3.05, 3.63) is 65.5 Å². The molecule has 3 aromatic rings. The number of hydrogen-bond donors (Lipinski definition) is 6. The molecule has 2 fully saturated rings. The normalized spacial score (nSPS) is 30.5. The van der Waals surface area contributed by atoms with Gasteiger partial charge in [-0.25, -0.2) is 0 Å². The van der Waals surface area contributed by atoms with Gasteiger partial charge < -0.3 is 54.1 Å². The maximum Gasteiger partial charge on any atom is 0.264 e. The van der Waals surface area contributed by atoms with Crippen LogP contribution in [-0.2, 0) is 44.2 Å². The molecular formula is C34H44FN5O10Si. The molecule has 6 rings (SSSR count). The van der Waals surface area contributed by atoms with Crippen LogP contribution in [0.5, 0.6) is 5.75 Å². The van der Waals surface area contributed by atoms with Gasteiger partial charge in [0, 0.05) is 48.5 Å². The van der Waals surface area contributed by atoms with Gasteiger partial charge in [0.25, 0.3) is 11.8 Å². The van der Waals surface area contributed by atoms with Crippen molar-refractivity contribution in [3.8, 4) is 5.75 Å². The van der Waals surface area contributed by atoms with E-state index in [2.05, 4.69) is 15.6 Å². The summed E-state index contributed by atoms with van der Waals surface area (Å²) in [5.41, 5.74) is 0.858. The molecule has 1 aromatic heterocycles. The van der Waals surface area contributed by atoms with Gasteiger partial charge in [0.2, 0.25) is 8.41 Å². The van der Waals surface area contributed by atoms with E-state index in [-0.39, 0.29) is 19.1 Å². The van der Waals surface area contributed by atoms with Crippen LogP contribution in [0, 0.1) is 5.92 Å². The van der Waals surface area contributed by atoms with Gasteiger partial charge in [0.15, 0.2) is 18.0 Å². The zero-order valence-electron chi connectivity index (χ0n) is 28.7. The maximum atomic E-state index is 16.2. The van der Waals surface area contributed by atoms with Crippen LogP contribution in [-0.4, -0.2) is 111 Å². The number of methoxy groups -OCH3 is 1. The molecule has 0 unspecified atom stereocenters. The highest BCUT2D eigenvalue weighted by atomic mass is 28.4. The van der Waals surface area contributed by atoms with E-state index in [1.807, 2.05) is 6.92 Å². The molecular weight excluding hydrogens is 685 g/mol. The number of carbonyl (C=O) groups is 2. The van der Waals surface area contributed by atoms with Crippen molar-refractivity contribution in [1.82, 2.24) is 15.0 Å². The van der Waals surface area contributed by atoms with Gasteiger partial charge in [0.1, 0.15) is 24.1 Å². The zero-order chi connectivity index (χ0) is 36.8. The number of nitrogens with one attached hydrogen (secondary N) is 1. The minimum absolute atomic E-state index is 0.0544. The summed E-state index contributed by atoms with van der Waals surface area (Å²) in [7, 11) is -1.88. The number of rotatable bonds is 11. The van der Waals surface area contributed by atoms with E-state index in [9.17, 15) is 35.1 Å². The molecule has 51 heavy (non-hydrogen) atoms. The number of anilines is 2. The molecule has 0 aliphatic carbocycles. The lowest BCUT2D eigenvalue weighted by Crippen LogP contribution is -2.60. The number of amides is 2. The maximum absolute atomic E-state index is 16.2. The number of aromatic nitrogens is 3. The molecule has 15 nitrogen and oxygen atoms in total. The summed E-state index contributed by atoms with van der Waals surface area (Å²) in [5, 5.41) is 59.7. The summed E-state index contributed by atoms with van der Waals surface area (Å²) in [6, 6.07) is 11.9. The Labute approximate surface area is 294 Å².